The highest BCUT2D eigenvalue weighted by atomic mass is 127. The third-order valence-corrected chi connectivity index (χ3v) is 3.20. The molecule has 2 heterocycles. The molecule has 0 aromatic carbocycles. The molecule has 4 nitrogen and oxygen atoms in total. The van der Waals surface area contributed by atoms with Gasteiger partial charge in [0.2, 0.25) is 0 Å². The summed E-state index contributed by atoms with van der Waals surface area (Å²) in [6.45, 7) is 2.10. The van der Waals surface area contributed by atoms with Gasteiger partial charge in [-0.05, 0) is 35.1 Å². The zero-order chi connectivity index (χ0) is 12.3. The maximum absolute atomic E-state index is 4.41. The van der Waals surface area contributed by atoms with Crippen molar-refractivity contribution in [1.82, 2.24) is 15.2 Å². The minimum absolute atomic E-state index is 0.891. The van der Waals surface area contributed by atoms with Crippen LogP contribution in [0.3, 0.4) is 0 Å². The summed E-state index contributed by atoms with van der Waals surface area (Å²) in [5.74, 6) is 0. The Labute approximate surface area is 113 Å². The van der Waals surface area contributed by atoms with Crippen molar-refractivity contribution in [3.05, 3.63) is 27.7 Å². The molecule has 0 aliphatic carbocycles. The molecule has 0 amide bonds. The molecule has 0 radical (unpaired) electrons. The van der Waals surface area contributed by atoms with Gasteiger partial charge in [-0.2, -0.15) is 5.10 Å². The lowest BCUT2D eigenvalue weighted by molar-refractivity contribution is 1.09. The third-order valence-electron chi connectivity index (χ3n) is 2.38. The number of hydrogen-bond acceptors (Lipinski definition) is 3. The summed E-state index contributed by atoms with van der Waals surface area (Å²) in [6.07, 6.45) is 6.71. The molecule has 2 aromatic rings. The molecule has 17 heavy (non-hydrogen) atoms. The fourth-order valence-electron chi connectivity index (χ4n) is 1.62. The van der Waals surface area contributed by atoms with Crippen LogP contribution in [0, 0.1) is 3.70 Å². The first kappa shape index (κ1) is 12.2. The molecule has 0 saturated carbocycles. The van der Waals surface area contributed by atoms with Gasteiger partial charge in [-0.25, -0.2) is 0 Å². The Balaban J connectivity index is 2.54. The number of H-pyrrole nitrogens is 1. The molecule has 0 spiro atoms. The van der Waals surface area contributed by atoms with E-state index in [0.29, 0.717) is 0 Å². The van der Waals surface area contributed by atoms with Gasteiger partial charge in [-0.1, -0.05) is 13.0 Å². The maximum Gasteiger partial charge on any atom is 0.112 e. The Bertz CT molecular complexity index is 583. The molecular formula is C12H13IN4. The summed E-state index contributed by atoms with van der Waals surface area (Å²) in [5, 5.41) is 8.21. The van der Waals surface area contributed by atoms with Crippen LogP contribution in [0.15, 0.2) is 23.3 Å². The standard InChI is InChI=1S/C12H13IN4/c1-3-4-8(6-14-2)10-5-9-11(7-15-10)16-17-12(9)13/h4-7H,3H2,1-2H3,(H,16,17)/b8-4+,14-6?. The molecule has 0 saturated heterocycles. The van der Waals surface area contributed by atoms with Gasteiger partial charge in [0.1, 0.15) is 9.22 Å². The molecule has 2 aromatic heterocycles. The van der Waals surface area contributed by atoms with Crippen LogP contribution in [0.25, 0.3) is 16.5 Å². The molecule has 0 unspecified atom stereocenters. The number of nitrogens with one attached hydrogen (secondary N) is 1. The number of allylic oxidation sites excluding steroid dienone is 2. The number of halogens is 1. The number of aliphatic imine (C=N–C) groups is 1. The summed E-state index contributed by atoms with van der Waals surface area (Å²) in [6, 6.07) is 2.05. The zero-order valence-corrected chi connectivity index (χ0v) is 11.9. The second kappa shape index (κ2) is 5.39. The van der Waals surface area contributed by atoms with E-state index < -0.39 is 0 Å². The smallest absolute Gasteiger partial charge is 0.112 e. The molecule has 88 valence electrons. The van der Waals surface area contributed by atoms with E-state index in [9.17, 15) is 0 Å². The summed E-state index contributed by atoms with van der Waals surface area (Å²) >= 11 is 2.24. The Morgan fingerprint density at radius 2 is 2.41 bits per heavy atom. The minimum Gasteiger partial charge on any atom is -0.296 e. The summed E-state index contributed by atoms with van der Waals surface area (Å²) in [4.78, 5) is 8.47. The van der Waals surface area contributed by atoms with E-state index in [0.717, 1.165) is 32.3 Å². The normalized spacial score (nSPS) is 12.8. The van der Waals surface area contributed by atoms with Crippen LogP contribution in [0.1, 0.15) is 19.0 Å². The number of hydrogen-bond donors (Lipinski definition) is 1. The van der Waals surface area contributed by atoms with Gasteiger partial charge >= 0.3 is 0 Å². The number of aromatic amines is 1. The van der Waals surface area contributed by atoms with E-state index in [4.69, 9.17) is 0 Å². The first-order valence-corrected chi connectivity index (χ1v) is 6.46. The van der Waals surface area contributed by atoms with Crippen molar-refractivity contribution in [2.45, 2.75) is 13.3 Å². The molecule has 0 bridgehead atoms. The third kappa shape index (κ3) is 2.54. The van der Waals surface area contributed by atoms with Crippen LogP contribution in [-0.2, 0) is 0 Å². The van der Waals surface area contributed by atoms with Crippen LogP contribution < -0.4 is 0 Å². The molecule has 0 fully saturated rings. The van der Waals surface area contributed by atoms with Gasteiger partial charge in [0.05, 0.1) is 11.9 Å². The quantitative estimate of drug-likeness (QED) is 0.690. The van der Waals surface area contributed by atoms with Crippen molar-refractivity contribution in [3.8, 4) is 0 Å². The Morgan fingerprint density at radius 3 is 3.12 bits per heavy atom. The van der Waals surface area contributed by atoms with Crippen LogP contribution in [-0.4, -0.2) is 28.4 Å². The monoisotopic (exact) mass is 340 g/mol. The lowest BCUT2D eigenvalue weighted by atomic mass is 10.1. The van der Waals surface area contributed by atoms with E-state index >= 15 is 0 Å². The maximum atomic E-state index is 4.41. The molecule has 0 atom stereocenters. The van der Waals surface area contributed by atoms with Gasteiger partial charge < -0.3 is 0 Å². The van der Waals surface area contributed by atoms with Crippen LogP contribution >= 0.6 is 22.6 Å². The molecule has 1 N–H and O–H groups in total. The average molecular weight is 340 g/mol. The highest BCUT2D eigenvalue weighted by Crippen LogP contribution is 2.20. The summed E-state index contributed by atoms with van der Waals surface area (Å²) in [5.41, 5.74) is 2.88. The van der Waals surface area contributed by atoms with E-state index in [1.807, 2.05) is 12.3 Å². The lowest BCUT2D eigenvalue weighted by Crippen LogP contribution is -1.91. The predicted molar refractivity (Wildman–Crippen MR) is 79.3 cm³/mol. The average Bonchev–Trinajstić information content (AvgIpc) is 2.71. The van der Waals surface area contributed by atoms with E-state index in [2.05, 4.69) is 55.8 Å². The van der Waals surface area contributed by atoms with Crippen molar-refractivity contribution in [3.63, 3.8) is 0 Å². The highest BCUT2D eigenvalue weighted by Gasteiger charge is 2.06. The van der Waals surface area contributed by atoms with Gasteiger partial charge in [-0.3, -0.25) is 15.1 Å². The van der Waals surface area contributed by atoms with Gasteiger partial charge in [0, 0.05) is 24.2 Å². The highest BCUT2D eigenvalue weighted by molar-refractivity contribution is 14.1. The minimum atomic E-state index is 0.891. The van der Waals surface area contributed by atoms with Gasteiger partial charge in [-0.15, -0.1) is 0 Å². The van der Waals surface area contributed by atoms with Crippen molar-refractivity contribution in [2.75, 3.05) is 7.05 Å². The molecule has 5 heteroatoms. The van der Waals surface area contributed by atoms with Crippen molar-refractivity contribution >= 4 is 45.3 Å². The Hall–Kier alpha value is -1.24. The Kier molecular flexibility index (Phi) is 3.88. The summed E-state index contributed by atoms with van der Waals surface area (Å²) in [7, 11) is 1.77. The van der Waals surface area contributed by atoms with Gasteiger partial charge in [0.25, 0.3) is 0 Å². The number of nitrogens with zero attached hydrogens (tertiary/aromatic N) is 3. The number of fused-ring (bicyclic) bond motifs is 1. The van der Waals surface area contributed by atoms with Crippen LogP contribution in [0.5, 0.6) is 0 Å². The van der Waals surface area contributed by atoms with Crippen molar-refractivity contribution in [2.24, 2.45) is 4.99 Å². The number of pyridine rings is 1. The molecule has 0 aliphatic heterocycles. The van der Waals surface area contributed by atoms with Crippen LogP contribution in [0.4, 0.5) is 0 Å². The lowest BCUT2D eigenvalue weighted by Gasteiger charge is -2.00. The second-order valence-electron chi connectivity index (χ2n) is 3.58. The van der Waals surface area contributed by atoms with Gasteiger partial charge in [0.15, 0.2) is 0 Å². The van der Waals surface area contributed by atoms with Crippen molar-refractivity contribution < 1.29 is 0 Å². The van der Waals surface area contributed by atoms with E-state index in [1.165, 1.54) is 0 Å². The first-order valence-electron chi connectivity index (χ1n) is 5.38. The SMILES string of the molecule is CC/C=C(\C=NC)c1cc2c(I)[nH]nc2cn1. The molecular weight excluding hydrogens is 327 g/mol. The van der Waals surface area contributed by atoms with Crippen LogP contribution in [0.2, 0.25) is 0 Å². The van der Waals surface area contributed by atoms with E-state index in [-0.39, 0.29) is 0 Å². The van der Waals surface area contributed by atoms with E-state index in [1.54, 1.807) is 13.2 Å². The zero-order valence-electron chi connectivity index (χ0n) is 9.74. The largest absolute Gasteiger partial charge is 0.296 e. The molecule has 2 rings (SSSR count). The summed E-state index contributed by atoms with van der Waals surface area (Å²) < 4.78 is 1.03. The van der Waals surface area contributed by atoms with Crippen molar-refractivity contribution in [1.29, 1.82) is 0 Å². The first-order chi connectivity index (χ1) is 8.26. The second-order valence-corrected chi connectivity index (χ2v) is 4.66. The number of rotatable bonds is 3. The fourth-order valence-corrected chi connectivity index (χ4v) is 2.18. The Morgan fingerprint density at radius 1 is 1.59 bits per heavy atom. The predicted octanol–water partition coefficient (Wildman–Crippen LogP) is 3.06. The topological polar surface area (TPSA) is 53.9 Å². The fraction of sp³-hybridized carbons (Fsp3) is 0.250. The molecule has 0 aliphatic rings. The number of aromatic nitrogens is 3.